The topological polar surface area (TPSA) is 40.5 Å². The molecule has 0 aromatic heterocycles. The lowest BCUT2D eigenvalue weighted by atomic mass is 9.83. The van der Waals surface area contributed by atoms with E-state index in [1.807, 2.05) is 20.8 Å². The Bertz CT molecular complexity index is 372. The molecule has 0 fully saturated rings. The van der Waals surface area contributed by atoms with E-state index in [-0.39, 0.29) is 0 Å². The van der Waals surface area contributed by atoms with Crippen LogP contribution in [0.2, 0.25) is 10.0 Å². The van der Waals surface area contributed by atoms with Crippen molar-refractivity contribution in [3.05, 3.63) is 33.8 Å². The van der Waals surface area contributed by atoms with Gasteiger partial charge in [0.05, 0.1) is 6.10 Å². The Hall–Kier alpha value is -0.280. The molecule has 0 bridgehead atoms. The third-order valence-electron chi connectivity index (χ3n) is 2.46. The summed E-state index contributed by atoms with van der Waals surface area (Å²) in [6.07, 6.45) is -1.94. The third-order valence-corrected chi connectivity index (χ3v) is 3.04. The zero-order valence-electron chi connectivity index (χ0n) is 9.54. The van der Waals surface area contributed by atoms with E-state index in [2.05, 4.69) is 0 Å². The largest absolute Gasteiger partial charge is 0.390 e. The first-order chi connectivity index (χ1) is 7.23. The first-order valence-electron chi connectivity index (χ1n) is 5.04. The van der Waals surface area contributed by atoms with Crippen LogP contribution in [0.4, 0.5) is 0 Å². The second-order valence-corrected chi connectivity index (χ2v) is 5.77. The van der Waals surface area contributed by atoms with Crippen LogP contribution in [0.25, 0.3) is 0 Å². The molecular formula is C12H16Cl2O2. The summed E-state index contributed by atoms with van der Waals surface area (Å²) in [6, 6.07) is 4.82. The second kappa shape index (κ2) is 4.92. The van der Waals surface area contributed by atoms with Gasteiger partial charge in [0.2, 0.25) is 0 Å². The minimum atomic E-state index is -1.04. The lowest BCUT2D eigenvalue weighted by Crippen LogP contribution is -2.32. The van der Waals surface area contributed by atoms with E-state index in [4.69, 9.17) is 23.2 Å². The highest BCUT2D eigenvalue weighted by Gasteiger charge is 2.31. The Kier molecular flexibility index (Phi) is 4.24. The molecule has 0 saturated carbocycles. The van der Waals surface area contributed by atoms with Crippen molar-refractivity contribution in [3.63, 3.8) is 0 Å². The molecule has 1 rings (SSSR count). The van der Waals surface area contributed by atoms with Gasteiger partial charge in [0.15, 0.2) is 0 Å². The van der Waals surface area contributed by atoms with Gasteiger partial charge in [-0.3, -0.25) is 0 Å². The van der Waals surface area contributed by atoms with Crippen LogP contribution in [0, 0.1) is 5.41 Å². The molecule has 0 aliphatic carbocycles. The van der Waals surface area contributed by atoms with Gasteiger partial charge in [0.25, 0.3) is 0 Å². The Morgan fingerprint density at radius 2 is 1.69 bits per heavy atom. The summed E-state index contributed by atoms with van der Waals surface area (Å²) in [5.41, 5.74) is 0.0296. The average Bonchev–Trinajstić information content (AvgIpc) is 2.18. The predicted molar refractivity (Wildman–Crippen MR) is 66.9 cm³/mol. The van der Waals surface area contributed by atoms with Crippen molar-refractivity contribution in [1.82, 2.24) is 0 Å². The van der Waals surface area contributed by atoms with E-state index in [1.54, 1.807) is 18.2 Å². The lowest BCUT2D eigenvalue weighted by Gasteiger charge is -2.30. The first kappa shape index (κ1) is 13.8. The molecule has 16 heavy (non-hydrogen) atoms. The molecule has 2 N–H and O–H groups in total. The van der Waals surface area contributed by atoms with E-state index in [9.17, 15) is 10.2 Å². The Balaban J connectivity index is 3.05. The molecular weight excluding hydrogens is 247 g/mol. The van der Waals surface area contributed by atoms with Gasteiger partial charge in [0, 0.05) is 15.6 Å². The highest BCUT2D eigenvalue weighted by atomic mass is 35.5. The summed E-state index contributed by atoms with van der Waals surface area (Å²) in [7, 11) is 0. The van der Waals surface area contributed by atoms with Crippen LogP contribution in [0.15, 0.2) is 18.2 Å². The van der Waals surface area contributed by atoms with Crippen molar-refractivity contribution >= 4 is 23.2 Å². The van der Waals surface area contributed by atoms with Crippen LogP contribution in [-0.2, 0) is 0 Å². The molecule has 0 aliphatic heterocycles. The first-order valence-corrected chi connectivity index (χ1v) is 5.80. The monoisotopic (exact) mass is 262 g/mol. The highest BCUT2D eigenvalue weighted by molar-refractivity contribution is 6.33. The van der Waals surface area contributed by atoms with Gasteiger partial charge >= 0.3 is 0 Å². The number of hydrogen-bond acceptors (Lipinski definition) is 2. The number of halogens is 2. The van der Waals surface area contributed by atoms with Crippen LogP contribution in [0.3, 0.4) is 0 Å². The molecule has 1 aromatic carbocycles. The van der Waals surface area contributed by atoms with Gasteiger partial charge in [0.1, 0.15) is 6.10 Å². The van der Waals surface area contributed by atoms with Gasteiger partial charge in [-0.05, 0) is 23.6 Å². The predicted octanol–water partition coefficient (Wildman–Crippen LogP) is 3.43. The molecule has 2 atom stereocenters. The molecule has 0 heterocycles. The summed E-state index contributed by atoms with van der Waals surface area (Å²) in [5, 5.41) is 20.9. The van der Waals surface area contributed by atoms with E-state index < -0.39 is 17.6 Å². The molecule has 0 spiro atoms. The summed E-state index contributed by atoms with van der Waals surface area (Å²) >= 11 is 11.8. The second-order valence-electron chi connectivity index (χ2n) is 4.92. The van der Waals surface area contributed by atoms with E-state index >= 15 is 0 Å². The van der Waals surface area contributed by atoms with Gasteiger partial charge in [-0.1, -0.05) is 44.0 Å². The van der Waals surface area contributed by atoms with Crippen molar-refractivity contribution < 1.29 is 10.2 Å². The zero-order chi connectivity index (χ0) is 12.5. The highest BCUT2D eigenvalue weighted by Crippen LogP contribution is 2.34. The van der Waals surface area contributed by atoms with Crippen molar-refractivity contribution in [2.45, 2.75) is 33.0 Å². The van der Waals surface area contributed by atoms with Crippen molar-refractivity contribution in [3.8, 4) is 0 Å². The van der Waals surface area contributed by atoms with E-state index in [0.29, 0.717) is 15.6 Å². The fourth-order valence-electron chi connectivity index (χ4n) is 1.38. The van der Waals surface area contributed by atoms with Crippen LogP contribution in [-0.4, -0.2) is 16.3 Å². The average molecular weight is 263 g/mol. The van der Waals surface area contributed by atoms with Crippen LogP contribution in [0.5, 0.6) is 0 Å². The molecule has 0 radical (unpaired) electrons. The molecule has 0 amide bonds. The zero-order valence-corrected chi connectivity index (χ0v) is 11.0. The van der Waals surface area contributed by atoms with Crippen molar-refractivity contribution in [2.24, 2.45) is 5.41 Å². The van der Waals surface area contributed by atoms with E-state index in [1.165, 1.54) is 0 Å². The van der Waals surface area contributed by atoms with Gasteiger partial charge < -0.3 is 10.2 Å². The molecule has 0 aliphatic rings. The summed E-state index contributed by atoms with van der Waals surface area (Å²) in [5.74, 6) is 0. The summed E-state index contributed by atoms with van der Waals surface area (Å²) < 4.78 is 0. The van der Waals surface area contributed by atoms with Crippen LogP contribution >= 0.6 is 23.2 Å². The fraction of sp³-hybridized carbons (Fsp3) is 0.500. The number of rotatable bonds is 2. The van der Waals surface area contributed by atoms with Gasteiger partial charge in [-0.15, -0.1) is 0 Å². The number of benzene rings is 1. The Morgan fingerprint density at radius 1 is 1.12 bits per heavy atom. The maximum atomic E-state index is 10.0. The molecule has 2 nitrogen and oxygen atoms in total. The lowest BCUT2D eigenvalue weighted by molar-refractivity contribution is -0.0457. The molecule has 0 saturated heterocycles. The quantitative estimate of drug-likeness (QED) is 0.858. The minimum Gasteiger partial charge on any atom is -0.390 e. The van der Waals surface area contributed by atoms with E-state index in [0.717, 1.165) is 0 Å². The van der Waals surface area contributed by atoms with Gasteiger partial charge in [-0.25, -0.2) is 0 Å². The fourth-order valence-corrected chi connectivity index (χ4v) is 1.79. The molecule has 4 heteroatoms. The normalized spacial score (nSPS) is 15.9. The van der Waals surface area contributed by atoms with Crippen molar-refractivity contribution in [2.75, 3.05) is 0 Å². The number of aliphatic hydroxyl groups excluding tert-OH is 2. The SMILES string of the molecule is CC(C)(C)C(O)C(O)c1cc(Cl)ccc1Cl. The van der Waals surface area contributed by atoms with Crippen molar-refractivity contribution in [1.29, 1.82) is 0 Å². The summed E-state index contributed by atoms with van der Waals surface area (Å²) in [6.45, 7) is 5.54. The smallest absolute Gasteiger partial charge is 0.107 e. The van der Waals surface area contributed by atoms with Crippen LogP contribution < -0.4 is 0 Å². The van der Waals surface area contributed by atoms with Crippen LogP contribution in [0.1, 0.15) is 32.4 Å². The standard InChI is InChI=1S/C12H16Cl2O2/c1-12(2,3)11(16)10(15)8-6-7(13)4-5-9(8)14/h4-6,10-11,15-16H,1-3H3. The van der Waals surface area contributed by atoms with Gasteiger partial charge in [-0.2, -0.15) is 0 Å². The number of aliphatic hydroxyl groups is 2. The molecule has 90 valence electrons. The minimum absolute atomic E-state index is 0.403. The Morgan fingerprint density at radius 3 is 2.19 bits per heavy atom. The molecule has 1 aromatic rings. The number of hydrogen-bond donors (Lipinski definition) is 2. The summed E-state index contributed by atoms with van der Waals surface area (Å²) in [4.78, 5) is 0. The third kappa shape index (κ3) is 3.11. The maximum Gasteiger partial charge on any atom is 0.107 e. The Labute approximate surface area is 106 Å². The molecule has 2 unspecified atom stereocenters. The maximum absolute atomic E-state index is 10.0.